The largest absolute Gasteiger partial charge is 0.507 e. The number of aromatic hydroxyl groups is 1. The van der Waals surface area contributed by atoms with Crippen molar-refractivity contribution in [2.75, 3.05) is 5.32 Å². The summed E-state index contributed by atoms with van der Waals surface area (Å²) in [5, 5.41) is 16.5. The van der Waals surface area contributed by atoms with Gasteiger partial charge in [-0.2, -0.15) is 5.10 Å². The molecule has 0 heterocycles. The average molecular weight is 425 g/mol. The van der Waals surface area contributed by atoms with Gasteiger partial charge in [0.25, 0.3) is 0 Å². The summed E-state index contributed by atoms with van der Waals surface area (Å²) in [6.45, 7) is 1.85. The fraction of sp³-hybridized carbons (Fsp3) is 0.118. The van der Waals surface area contributed by atoms with Gasteiger partial charge < -0.3 is 10.4 Å². The third-order valence-corrected chi connectivity index (χ3v) is 4.06. The summed E-state index contributed by atoms with van der Waals surface area (Å²) in [4.78, 5) is 23.6. The lowest BCUT2D eigenvalue weighted by molar-refractivity contribution is -0.126. The van der Waals surface area contributed by atoms with Crippen molar-refractivity contribution in [1.29, 1.82) is 0 Å². The predicted molar refractivity (Wildman–Crippen MR) is 101 cm³/mol. The maximum Gasteiger partial charge on any atom is 0.249 e. The molecule has 0 aliphatic heterocycles. The SMILES string of the molecule is Cc1ccc(NC(=O)CC(=O)NN=Cc2cc(Br)ccc2O)cc1Cl. The van der Waals surface area contributed by atoms with Gasteiger partial charge >= 0.3 is 0 Å². The van der Waals surface area contributed by atoms with E-state index in [2.05, 4.69) is 31.8 Å². The van der Waals surface area contributed by atoms with E-state index in [1.807, 2.05) is 6.92 Å². The van der Waals surface area contributed by atoms with E-state index in [-0.39, 0.29) is 5.75 Å². The molecule has 0 bridgehead atoms. The molecule has 0 spiro atoms. The topological polar surface area (TPSA) is 90.8 Å². The van der Waals surface area contributed by atoms with Crippen LogP contribution in [0, 0.1) is 6.92 Å². The standard InChI is InChI=1S/C17H15BrClN3O3/c1-10-2-4-13(7-14(10)19)21-16(24)8-17(25)22-20-9-11-6-12(18)3-5-15(11)23/h2-7,9,23H,8H2,1H3,(H,21,24)(H,22,25). The van der Waals surface area contributed by atoms with E-state index in [0.717, 1.165) is 10.0 Å². The van der Waals surface area contributed by atoms with Crippen LogP contribution in [0.5, 0.6) is 5.75 Å². The third-order valence-electron chi connectivity index (χ3n) is 3.16. The molecule has 2 aromatic rings. The fourth-order valence-corrected chi connectivity index (χ4v) is 2.42. The van der Waals surface area contributed by atoms with Crippen molar-refractivity contribution in [2.24, 2.45) is 5.10 Å². The van der Waals surface area contributed by atoms with Gasteiger partial charge in [-0.1, -0.05) is 33.6 Å². The number of phenolic OH excluding ortho intramolecular Hbond substituents is 1. The number of halogens is 2. The highest BCUT2D eigenvalue weighted by atomic mass is 79.9. The van der Waals surface area contributed by atoms with E-state index >= 15 is 0 Å². The van der Waals surface area contributed by atoms with Crippen molar-refractivity contribution >= 4 is 51.2 Å². The van der Waals surface area contributed by atoms with Gasteiger partial charge in [0.05, 0.1) is 6.21 Å². The number of carbonyl (C=O) groups excluding carboxylic acids is 2. The molecule has 130 valence electrons. The zero-order valence-corrected chi connectivity index (χ0v) is 15.6. The highest BCUT2D eigenvalue weighted by Gasteiger charge is 2.09. The lowest BCUT2D eigenvalue weighted by Gasteiger charge is -2.06. The van der Waals surface area contributed by atoms with Crippen LogP contribution in [-0.2, 0) is 9.59 Å². The molecule has 0 fully saturated rings. The molecule has 0 aliphatic carbocycles. The summed E-state index contributed by atoms with van der Waals surface area (Å²) < 4.78 is 0.759. The van der Waals surface area contributed by atoms with Gasteiger partial charge in [-0.05, 0) is 42.8 Å². The highest BCUT2D eigenvalue weighted by Crippen LogP contribution is 2.20. The number of amides is 2. The van der Waals surface area contributed by atoms with Crippen LogP contribution >= 0.6 is 27.5 Å². The lowest BCUT2D eigenvalue weighted by Crippen LogP contribution is -2.24. The van der Waals surface area contributed by atoms with Crippen LogP contribution in [0.2, 0.25) is 5.02 Å². The monoisotopic (exact) mass is 423 g/mol. The number of phenols is 1. The summed E-state index contributed by atoms with van der Waals surface area (Å²) in [7, 11) is 0. The molecule has 0 atom stereocenters. The molecule has 2 rings (SSSR count). The van der Waals surface area contributed by atoms with Crippen LogP contribution in [0.25, 0.3) is 0 Å². The Balaban J connectivity index is 1.87. The van der Waals surface area contributed by atoms with Crippen molar-refractivity contribution < 1.29 is 14.7 Å². The Morgan fingerprint density at radius 1 is 1.24 bits per heavy atom. The van der Waals surface area contributed by atoms with Crippen LogP contribution in [0.3, 0.4) is 0 Å². The molecule has 0 radical (unpaired) electrons. The average Bonchev–Trinajstić information content (AvgIpc) is 2.54. The van der Waals surface area contributed by atoms with Gasteiger partial charge in [0.1, 0.15) is 12.2 Å². The van der Waals surface area contributed by atoms with Crippen molar-refractivity contribution in [3.05, 3.63) is 57.0 Å². The number of benzene rings is 2. The van der Waals surface area contributed by atoms with E-state index in [4.69, 9.17) is 11.6 Å². The molecule has 6 nitrogen and oxygen atoms in total. The molecule has 8 heteroatoms. The Morgan fingerprint density at radius 3 is 2.72 bits per heavy atom. The Bertz CT molecular complexity index is 840. The first kappa shape index (κ1) is 19.0. The molecular weight excluding hydrogens is 410 g/mol. The number of carbonyl (C=O) groups is 2. The Labute approximate surface area is 158 Å². The van der Waals surface area contributed by atoms with E-state index < -0.39 is 18.2 Å². The number of aryl methyl sites for hydroxylation is 1. The minimum Gasteiger partial charge on any atom is -0.507 e. The minimum atomic E-state index is -0.582. The Hall–Kier alpha value is -2.38. The first-order chi connectivity index (χ1) is 11.8. The van der Waals surface area contributed by atoms with Crippen molar-refractivity contribution in [3.8, 4) is 5.75 Å². The zero-order valence-electron chi connectivity index (χ0n) is 13.2. The van der Waals surface area contributed by atoms with Gasteiger partial charge in [-0.15, -0.1) is 0 Å². The number of nitrogens with one attached hydrogen (secondary N) is 2. The first-order valence-electron chi connectivity index (χ1n) is 7.21. The molecule has 0 aliphatic rings. The molecule has 0 saturated carbocycles. The van der Waals surface area contributed by atoms with E-state index in [1.165, 1.54) is 12.3 Å². The number of rotatable bonds is 5. The van der Waals surface area contributed by atoms with Gasteiger partial charge in [0.15, 0.2) is 0 Å². The van der Waals surface area contributed by atoms with Gasteiger partial charge in [-0.3, -0.25) is 9.59 Å². The molecule has 3 N–H and O–H groups in total. The number of hydrogen-bond donors (Lipinski definition) is 3. The quantitative estimate of drug-likeness (QED) is 0.389. The zero-order chi connectivity index (χ0) is 18.4. The van der Waals surface area contributed by atoms with Gasteiger partial charge in [0.2, 0.25) is 11.8 Å². The molecular formula is C17H15BrClN3O3. The highest BCUT2D eigenvalue weighted by molar-refractivity contribution is 9.10. The molecule has 25 heavy (non-hydrogen) atoms. The summed E-state index contributed by atoms with van der Waals surface area (Å²) >= 11 is 9.25. The van der Waals surface area contributed by atoms with E-state index in [0.29, 0.717) is 16.3 Å². The van der Waals surface area contributed by atoms with Gasteiger partial charge in [-0.25, -0.2) is 5.43 Å². The van der Waals surface area contributed by atoms with E-state index in [1.54, 1.807) is 30.3 Å². The van der Waals surface area contributed by atoms with Crippen molar-refractivity contribution in [1.82, 2.24) is 5.43 Å². The third kappa shape index (κ3) is 5.88. The second-order valence-electron chi connectivity index (χ2n) is 5.19. The van der Waals surface area contributed by atoms with Crippen LogP contribution in [-0.4, -0.2) is 23.1 Å². The normalized spacial score (nSPS) is 10.7. The number of anilines is 1. The van der Waals surface area contributed by atoms with Crippen LogP contribution in [0.4, 0.5) is 5.69 Å². The number of hydrazone groups is 1. The number of nitrogens with zero attached hydrogens (tertiary/aromatic N) is 1. The molecule has 0 aromatic heterocycles. The smallest absolute Gasteiger partial charge is 0.249 e. The van der Waals surface area contributed by atoms with Crippen LogP contribution in [0.15, 0.2) is 46.0 Å². The van der Waals surface area contributed by atoms with Crippen molar-refractivity contribution in [3.63, 3.8) is 0 Å². The van der Waals surface area contributed by atoms with Crippen LogP contribution in [0.1, 0.15) is 17.5 Å². The molecule has 2 amide bonds. The molecule has 0 unspecified atom stereocenters. The summed E-state index contributed by atoms with van der Waals surface area (Å²) in [5.74, 6) is -1.05. The number of hydrogen-bond acceptors (Lipinski definition) is 4. The van der Waals surface area contributed by atoms with E-state index in [9.17, 15) is 14.7 Å². The maximum absolute atomic E-state index is 11.8. The summed E-state index contributed by atoms with van der Waals surface area (Å²) in [5.41, 5.74) is 4.06. The predicted octanol–water partition coefficient (Wildman–Crippen LogP) is 3.60. The first-order valence-corrected chi connectivity index (χ1v) is 8.38. The maximum atomic E-state index is 11.8. The van der Waals surface area contributed by atoms with Crippen molar-refractivity contribution in [2.45, 2.75) is 13.3 Å². The molecule has 2 aromatic carbocycles. The Morgan fingerprint density at radius 2 is 2.00 bits per heavy atom. The second-order valence-corrected chi connectivity index (χ2v) is 6.51. The summed E-state index contributed by atoms with van der Waals surface area (Å²) in [6, 6.07) is 9.89. The fourth-order valence-electron chi connectivity index (χ4n) is 1.86. The molecule has 0 saturated heterocycles. The minimum absolute atomic E-state index is 0.0233. The van der Waals surface area contributed by atoms with Gasteiger partial charge in [0, 0.05) is 20.7 Å². The summed E-state index contributed by atoms with van der Waals surface area (Å²) in [6.07, 6.45) is 0.892. The lowest BCUT2D eigenvalue weighted by atomic mass is 10.2. The Kier molecular flexibility index (Phi) is 6.55. The van der Waals surface area contributed by atoms with Crippen LogP contribution < -0.4 is 10.7 Å². The second kappa shape index (κ2) is 8.64.